The van der Waals surface area contributed by atoms with Crippen LogP contribution in [0.4, 0.5) is 5.69 Å². The van der Waals surface area contributed by atoms with Crippen molar-refractivity contribution in [2.24, 2.45) is 5.92 Å². The lowest BCUT2D eigenvalue weighted by Crippen LogP contribution is -2.48. The van der Waals surface area contributed by atoms with Crippen molar-refractivity contribution in [1.82, 2.24) is 9.80 Å². The molecule has 0 bridgehead atoms. The molecule has 1 atom stereocenters. The molecular formula is C21H30ClN3O2. The first-order valence-electron chi connectivity index (χ1n) is 9.97. The number of nitrogens with zero attached hydrogens (tertiary/aromatic N) is 2. The minimum atomic E-state index is -0.246. The van der Waals surface area contributed by atoms with E-state index in [9.17, 15) is 9.59 Å². The molecule has 1 aromatic rings. The van der Waals surface area contributed by atoms with E-state index >= 15 is 0 Å². The molecule has 2 saturated heterocycles. The second-order valence-corrected chi connectivity index (χ2v) is 8.35. The number of carbonyl (C=O) groups excluding carboxylic acids is 2. The van der Waals surface area contributed by atoms with Gasteiger partial charge in [0.05, 0.1) is 16.8 Å². The molecule has 2 aliphatic rings. The predicted molar refractivity (Wildman–Crippen MR) is 109 cm³/mol. The number of nitrogens with one attached hydrogen (secondary N) is 1. The van der Waals surface area contributed by atoms with Gasteiger partial charge in [-0.2, -0.15) is 0 Å². The summed E-state index contributed by atoms with van der Waals surface area (Å²) in [4.78, 5) is 29.5. The molecule has 1 unspecified atom stereocenters. The molecule has 0 saturated carbocycles. The highest BCUT2D eigenvalue weighted by atomic mass is 35.5. The van der Waals surface area contributed by atoms with E-state index in [1.165, 1.54) is 0 Å². The number of amides is 2. The van der Waals surface area contributed by atoms with Crippen molar-refractivity contribution in [2.75, 3.05) is 31.5 Å². The summed E-state index contributed by atoms with van der Waals surface area (Å²) >= 11 is 6.32. The minimum absolute atomic E-state index is 0.0480. The van der Waals surface area contributed by atoms with Gasteiger partial charge < -0.3 is 10.2 Å². The fraction of sp³-hybridized carbons (Fsp3) is 0.619. The Labute approximate surface area is 167 Å². The third-order valence-corrected chi connectivity index (χ3v) is 6.20. The molecule has 0 radical (unpaired) electrons. The first kappa shape index (κ1) is 20.2. The molecular weight excluding hydrogens is 362 g/mol. The Hall–Kier alpha value is -1.59. The van der Waals surface area contributed by atoms with E-state index in [0.29, 0.717) is 16.6 Å². The molecule has 0 aromatic heterocycles. The van der Waals surface area contributed by atoms with Gasteiger partial charge in [0, 0.05) is 19.0 Å². The molecule has 148 valence electrons. The Balaban J connectivity index is 1.55. The second-order valence-electron chi connectivity index (χ2n) is 7.95. The van der Waals surface area contributed by atoms with E-state index in [1.54, 1.807) is 0 Å². The predicted octanol–water partition coefficient (Wildman–Crippen LogP) is 3.62. The molecule has 1 N–H and O–H groups in total. The van der Waals surface area contributed by atoms with Gasteiger partial charge in [-0.25, -0.2) is 0 Å². The van der Waals surface area contributed by atoms with Crippen LogP contribution in [0.25, 0.3) is 0 Å². The van der Waals surface area contributed by atoms with Gasteiger partial charge in [-0.15, -0.1) is 0 Å². The van der Waals surface area contributed by atoms with Gasteiger partial charge in [-0.05, 0) is 76.7 Å². The molecule has 3 rings (SSSR count). The fourth-order valence-corrected chi connectivity index (χ4v) is 4.57. The van der Waals surface area contributed by atoms with Crippen LogP contribution in [0.2, 0.25) is 5.02 Å². The van der Waals surface area contributed by atoms with E-state index < -0.39 is 0 Å². The highest BCUT2D eigenvalue weighted by molar-refractivity contribution is 6.34. The summed E-state index contributed by atoms with van der Waals surface area (Å²) in [7, 11) is 0. The third-order valence-electron chi connectivity index (χ3n) is 5.90. The Bertz CT molecular complexity index is 684. The normalized spacial score (nSPS) is 19.9. The van der Waals surface area contributed by atoms with Crippen molar-refractivity contribution >= 4 is 29.1 Å². The Kier molecular flexibility index (Phi) is 6.43. The standard InChI is InChI=1S/C21H30ClN3O2/c1-14-12-15(2)19(18(22)13-14)23-20(26)16(3)24-10-6-17(7-11-24)21(27)25-8-4-5-9-25/h12-13,16-17H,4-11H2,1-3H3,(H,23,26). The van der Waals surface area contributed by atoms with Gasteiger partial charge in [0.15, 0.2) is 0 Å². The zero-order valence-electron chi connectivity index (χ0n) is 16.6. The van der Waals surface area contributed by atoms with E-state index in [4.69, 9.17) is 11.6 Å². The first-order valence-corrected chi connectivity index (χ1v) is 10.3. The summed E-state index contributed by atoms with van der Waals surface area (Å²) < 4.78 is 0. The van der Waals surface area contributed by atoms with Crippen LogP contribution in [0.15, 0.2) is 12.1 Å². The molecule has 6 heteroatoms. The number of hydrogen-bond acceptors (Lipinski definition) is 3. The monoisotopic (exact) mass is 391 g/mol. The minimum Gasteiger partial charge on any atom is -0.342 e. The van der Waals surface area contributed by atoms with Crippen LogP contribution < -0.4 is 5.32 Å². The zero-order chi connectivity index (χ0) is 19.6. The largest absolute Gasteiger partial charge is 0.342 e. The summed E-state index contributed by atoms with van der Waals surface area (Å²) in [6.07, 6.45) is 3.92. The van der Waals surface area contributed by atoms with Crippen molar-refractivity contribution < 1.29 is 9.59 Å². The van der Waals surface area contributed by atoms with Crippen LogP contribution in [-0.4, -0.2) is 53.8 Å². The highest BCUT2D eigenvalue weighted by Crippen LogP contribution is 2.28. The van der Waals surface area contributed by atoms with Crippen molar-refractivity contribution in [2.45, 2.75) is 52.5 Å². The lowest BCUT2D eigenvalue weighted by Gasteiger charge is -2.36. The van der Waals surface area contributed by atoms with Crippen LogP contribution in [0, 0.1) is 19.8 Å². The number of benzene rings is 1. The van der Waals surface area contributed by atoms with Gasteiger partial charge in [0.25, 0.3) is 0 Å². The maximum Gasteiger partial charge on any atom is 0.241 e. The quantitative estimate of drug-likeness (QED) is 0.852. The zero-order valence-corrected chi connectivity index (χ0v) is 17.3. The van der Waals surface area contributed by atoms with E-state index in [1.807, 2.05) is 37.8 Å². The molecule has 0 spiro atoms. The lowest BCUT2D eigenvalue weighted by atomic mass is 9.94. The Morgan fingerprint density at radius 3 is 2.33 bits per heavy atom. The fourth-order valence-electron chi connectivity index (χ4n) is 4.20. The molecule has 2 heterocycles. The molecule has 2 fully saturated rings. The number of piperidine rings is 1. The van der Waals surface area contributed by atoms with Gasteiger partial charge >= 0.3 is 0 Å². The second kappa shape index (κ2) is 8.61. The van der Waals surface area contributed by atoms with Gasteiger partial charge in [-0.3, -0.25) is 14.5 Å². The summed E-state index contributed by atoms with van der Waals surface area (Å²) in [5, 5.41) is 3.57. The van der Waals surface area contributed by atoms with Crippen LogP contribution in [0.3, 0.4) is 0 Å². The Morgan fingerprint density at radius 1 is 1.11 bits per heavy atom. The van der Waals surface area contributed by atoms with Gasteiger partial charge in [0.2, 0.25) is 11.8 Å². The maximum absolute atomic E-state index is 12.7. The van der Waals surface area contributed by atoms with Crippen molar-refractivity contribution in [3.8, 4) is 0 Å². The molecule has 5 nitrogen and oxygen atoms in total. The molecule has 2 amide bonds. The third kappa shape index (κ3) is 4.64. The van der Waals surface area contributed by atoms with E-state index in [-0.39, 0.29) is 17.9 Å². The highest BCUT2D eigenvalue weighted by Gasteiger charge is 2.32. The number of rotatable bonds is 4. The number of hydrogen-bond donors (Lipinski definition) is 1. The molecule has 27 heavy (non-hydrogen) atoms. The number of anilines is 1. The van der Waals surface area contributed by atoms with Gasteiger partial charge in [-0.1, -0.05) is 17.7 Å². The average molecular weight is 392 g/mol. The maximum atomic E-state index is 12.7. The lowest BCUT2D eigenvalue weighted by molar-refractivity contribution is -0.136. The number of likely N-dealkylation sites (tertiary alicyclic amines) is 2. The molecule has 1 aromatic carbocycles. The van der Waals surface area contributed by atoms with E-state index in [2.05, 4.69) is 10.2 Å². The SMILES string of the molecule is Cc1cc(C)c(NC(=O)C(C)N2CCC(C(=O)N3CCCC3)CC2)c(Cl)c1. The topological polar surface area (TPSA) is 52.7 Å². The number of aryl methyl sites for hydroxylation is 2. The average Bonchev–Trinajstić information content (AvgIpc) is 3.18. The summed E-state index contributed by atoms with van der Waals surface area (Å²) in [6, 6.07) is 3.64. The van der Waals surface area contributed by atoms with Crippen molar-refractivity contribution in [1.29, 1.82) is 0 Å². The molecule has 0 aliphatic carbocycles. The van der Waals surface area contributed by atoms with Crippen LogP contribution in [-0.2, 0) is 9.59 Å². The first-order chi connectivity index (χ1) is 12.9. The Morgan fingerprint density at radius 2 is 1.74 bits per heavy atom. The van der Waals surface area contributed by atoms with E-state index in [0.717, 1.165) is 63.0 Å². The number of carbonyl (C=O) groups is 2. The van der Waals surface area contributed by atoms with Crippen molar-refractivity contribution in [3.63, 3.8) is 0 Å². The smallest absolute Gasteiger partial charge is 0.241 e. The summed E-state index contributed by atoms with van der Waals surface area (Å²) in [5.41, 5.74) is 2.74. The molecule has 2 aliphatic heterocycles. The summed E-state index contributed by atoms with van der Waals surface area (Å²) in [5.74, 6) is 0.378. The number of halogens is 1. The van der Waals surface area contributed by atoms with Crippen LogP contribution >= 0.6 is 11.6 Å². The van der Waals surface area contributed by atoms with Crippen LogP contribution in [0.1, 0.15) is 43.7 Å². The summed E-state index contributed by atoms with van der Waals surface area (Å²) in [6.45, 7) is 9.24. The van der Waals surface area contributed by atoms with Gasteiger partial charge in [0.1, 0.15) is 0 Å². The van der Waals surface area contributed by atoms with Crippen LogP contribution in [0.5, 0.6) is 0 Å². The van der Waals surface area contributed by atoms with Crippen molar-refractivity contribution in [3.05, 3.63) is 28.3 Å².